The van der Waals surface area contributed by atoms with E-state index in [0.717, 1.165) is 9.35 Å². The van der Waals surface area contributed by atoms with E-state index in [1.165, 1.54) is 23.5 Å². The number of rotatable bonds is 4. The highest BCUT2D eigenvalue weighted by Crippen LogP contribution is 2.38. The van der Waals surface area contributed by atoms with E-state index in [1.807, 2.05) is 11.4 Å². The number of nitrogens with zero attached hydrogens (tertiary/aromatic N) is 1. The van der Waals surface area contributed by atoms with Crippen LogP contribution >= 0.6 is 43.2 Å². The van der Waals surface area contributed by atoms with E-state index in [4.69, 9.17) is 0 Å². The molecule has 1 aromatic carbocycles. The third-order valence-corrected chi connectivity index (χ3v) is 5.28. The first-order chi connectivity index (χ1) is 9.81. The van der Waals surface area contributed by atoms with Gasteiger partial charge in [-0.2, -0.15) is 13.2 Å². The molecule has 1 nitrogen and oxygen atoms in total. The van der Waals surface area contributed by atoms with Crippen LogP contribution in [0.4, 0.5) is 18.9 Å². The smallest absolute Gasteiger partial charge is 0.369 e. The van der Waals surface area contributed by atoms with Crippen molar-refractivity contribution in [3.05, 3.63) is 50.1 Å². The lowest BCUT2D eigenvalue weighted by molar-refractivity contribution is -0.137. The van der Waals surface area contributed by atoms with Gasteiger partial charge in [-0.15, -0.1) is 11.3 Å². The van der Waals surface area contributed by atoms with Crippen LogP contribution in [0.5, 0.6) is 0 Å². The first kappa shape index (κ1) is 16.8. The molecule has 0 aliphatic rings. The maximum atomic E-state index is 13.2. The van der Waals surface area contributed by atoms with Crippen LogP contribution in [-0.2, 0) is 18.1 Å². The van der Waals surface area contributed by atoms with Crippen LogP contribution in [0.1, 0.15) is 16.0 Å². The minimum Gasteiger partial charge on any atom is -0.369 e. The summed E-state index contributed by atoms with van der Waals surface area (Å²) in [5.41, 5.74) is 0.202. The highest BCUT2D eigenvalue weighted by Gasteiger charge is 2.34. The summed E-state index contributed by atoms with van der Waals surface area (Å²) in [4.78, 5) is 2.63. The van der Waals surface area contributed by atoms with Crippen molar-refractivity contribution in [1.29, 1.82) is 0 Å². The molecule has 0 spiro atoms. The molecule has 0 radical (unpaired) electrons. The zero-order valence-corrected chi connectivity index (χ0v) is 15.0. The van der Waals surface area contributed by atoms with E-state index >= 15 is 0 Å². The third kappa shape index (κ3) is 4.23. The van der Waals surface area contributed by atoms with Crippen molar-refractivity contribution >= 4 is 48.9 Å². The van der Waals surface area contributed by atoms with E-state index in [1.54, 1.807) is 18.0 Å². The van der Waals surface area contributed by atoms with E-state index in [2.05, 4.69) is 31.9 Å². The van der Waals surface area contributed by atoms with Crippen LogP contribution in [0, 0.1) is 0 Å². The molecular formula is C14H12Br2F3NS. The predicted molar refractivity (Wildman–Crippen MR) is 88.2 cm³/mol. The van der Waals surface area contributed by atoms with Crippen LogP contribution in [-0.4, -0.2) is 7.05 Å². The lowest BCUT2D eigenvalue weighted by atomic mass is 10.1. The number of hydrogen-bond acceptors (Lipinski definition) is 2. The lowest BCUT2D eigenvalue weighted by Crippen LogP contribution is -2.20. The fraction of sp³-hybridized carbons (Fsp3) is 0.286. The minimum atomic E-state index is -4.36. The maximum Gasteiger partial charge on any atom is 0.418 e. The van der Waals surface area contributed by atoms with E-state index in [9.17, 15) is 13.2 Å². The van der Waals surface area contributed by atoms with Crippen LogP contribution < -0.4 is 4.90 Å². The van der Waals surface area contributed by atoms with Gasteiger partial charge in [-0.1, -0.05) is 22.0 Å². The molecular weight excluding hydrogens is 431 g/mol. The Balaban J connectivity index is 2.33. The average Bonchev–Trinajstić information content (AvgIpc) is 2.82. The molecule has 0 saturated heterocycles. The predicted octanol–water partition coefficient (Wildman–Crippen LogP) is 6.06. The molecule has 1 aromatic heterocycles. The zero-order valence-electron chi connectivity index (χ0n) is 11.0. The first-order valence-electron chi connectivity index (χ1n) is 6.01. The Morgan fingerprint density at radius 2 is 1.95 bits per heavy atom. The molecule has 2 rings (SSSR count). The molecule has 0 aliphatic heterocycles. The van der Waals surface area contributed by atoms with Crippen molar-refractivity contribution in [2.75, 3.05) is 11.9 Å². The van der Waals surface area contributed by atoms with E-state index < -0.39 is 11.7 Å². The molecule has 0 atom stereocenters. The van der Waals surface area contributed by atoms with Gasteiger partial charge in [0.15, 0.2) is 0 Å². The standard InChI is InChI=1S/C14H12Br2F3NS/c1-20(7-11-5-10(16)8-21-11)13-3-2-9(6-15)4-12(13)14(17,18)19/h2-5,8H,6-7H2,1H3. The maximum absolute atomic E-state index is 13.2. The summed E-state index contributed by atoms with van der Waals surface area (Å²) >= 11 is 8.06. The fourth-order valence-corrected chi connectivity index (χ4v) is 3.83. The number of thiophene rings is 1. The SMILES string of the molecule is CN(Cc1cc(Br)cs1)c1ccc(CBr)cc1C(F)(F)F. The highest BCUT2D eigenvalue weighted by molar-refractivity contribution is 9.10. The van der Waals surface area contributed by atoms with Crippen LogP contribution in [0.3, 0.4) is 0 Å². The Morgan fingerprint density at radius 3 is 2.48 bits per heavy atom. The summed E-state index contributed by atoms with van der Waals surface area (Å²) in [6.07, 6.45) is -4.36. The molecule has 0 fully saturated rings. The fourth-order valence-electron chi connectivity index (χ4n) is 1.98. The minimum absolute atomic E-state index is 0.191. The Morgan fingerprint density at radius 1 is 1.24 bits per heavy atom. The van der Waals surface area contributed by atoms with Gasteiger partial charge in [-0.05, 0) is 39.7 Å². The van der Waals surface area contributed by atoms with Crippen molar-refractivity contribution in [2.45, 2.75) is 18.1 Å². The second-order valence-electron chi connectivity index (χ2n) is 4.57. The summed E-state index contributed by atoms with van der Waals surface area (Å²) < 4.78 is 40.6. The molecule has 21 heavy (non-hydrogen) atoms. The van der Waals surface area contributed by atoms with Crippen molar-refractivity contribution in [2.24, 2.45) is 0 Å². The number of benzene rings is 1. The molecule has 0 bridgehead atoms. The molecule has 0 saturated carbocycles. The highest BCUT2D eigenvalue weighted by atomic mass is 79.9. The number of alkyl halides is 4. The summed E-state index contributed by atoms with van der Waals surface area (Å²) in [6, 6.07) is 6.36. The van der Waals surface area contributed by atoms with Crippen molar-refractivity contribution < 1.29 is 13.2 Å². The van der Waals surface area contributed by atoms with Gasteiger partial charge in [0.25, 0.3) is 0 Å². The van der Waals surface area contributed by atoms with Gasteiger partial charge in [0.2, 0.25) is 0 Å². The lowest BCUT2D eigenvalue weighted by Gasteiger charge is -2.23. The van der Waals surface area contributed by atoms with Crippen molar-refractivity contribution in [3.8, 4) is 0 Å². The molecule has 2 aromatic rings. The van der Waals surface area contributed by atoms with Gasteiger partial charge < -0.3 is 4.90 Å². The molecule has 0 unspecified atom stereocenters. The first-order valence-corrected chi connectivity index (χ1v) is 8.81. The number of halogens is 5. The third-order valence-electron chi connectivity index (χ3n) is 2.95. The van der Waals surface area contributed by atoms with Gasteiger partial charge in [-0.25, -0.2) is 0 Å². The average molecular weight is 443 g/mol. The van der Waals surface area contributed by atoms with Gasteiger partial charge in [0, 0.05) is 32.8 Å². The van der Waals surface area contributed by atoms with Crippen molar-refractivity contribution in [3.63, 3.8) is 0 Å². The summed E-state index contributed by atoms with van der Waals surface area (Å²) in [7, 11) is 1.67. The van der Waals surface area contributed by atoms with Crippen LogP contribution in [0.2, 0.25) is 0 Å². The van der Waals surface area contributed by atoms with Gasteiger partial charge in [0.1, 0.15) is 0 Å². The number of anilines is 1. The normalized spacial score (nSPS) is 11.7. The molecule has 7 heteroatoms. The Bertz CT molecular complexity index is 625. The summed E-state index contributed by atoms with van der Waals surface area (Å²) in [5, 5.41) is 2.32. The van der Waals surface area contributed by atoms with Crippen LogP contribution in [0.25, 0.3) is 0 Å². The monoisotopic (exact) mass is 441 g/mol. The number of hydrogen-bond donors (Lipinski definition) is 0. The Kier molecular flexibility index (Phi) is 5.38. The topological polar surface area (TPSA) is 3.24 Å². The van der Waals surface area contributed by atoms with Crippen LogP contribution in [0.15, 0.2) is 34.1 Å². The quantitative estimate of drug-likeness (QED) is 0.520. The molecule has 0 amide bonds. The summed E-state index contributed by atoms with van der Waals surface area (Å²) in [6.45, 7) is 0.438. The Hall–Kier alpha value is -0.530. The largest absolute Gasteiger partial charge is 0.418 e. The Labute approximate surface area is 142 Å². The second-order valence-corrected chi connectivity index (χ2v) is 7.04. The zero-order chi connectivity index (χ0) is 15.6. The van der Waals surface area contributed by atoms with Gasteiger partial charge >= 0.3 is 6.18 Å². The van der Waals surface area contributed by atoms with Crippen molar-refractivity contribution in [1.82, 2.24) is 0 Å². The van der Waals surface area contributed by atoms with E-state index in [-0.39, 0.29) is 5.69 Å². The molecule has 114 valence electrons. The molecule has 0 N–H and O–H groups in total. The molecule has 0 aliphatic carbocycles. The molecule has 1 heterocycles. The summed E-state index contributed by atoms with van der Waals surface area (Å²) in [5.74, 6) is 0. The van der Waals surface area contributed by atoms with Gasteiger partial charge in [0.05, 0.1) is 12.1 Å². The second kappa shape index (κ2) is 6.71. The van der Waals surface area contributed by atoms with E-state index in [0.29, 0.717) is 17.4 Å². The van der Waals surface area contributed by atoms with Gasteiger partial charge in [-0.3, -0.25) is 0 Å².